The van der Waals surface area contributed by atoms with Gasteiger partial charge in [0.15, 0.2) is 5.50 Å². The molecule has 0 bridgehead atoms. The molecular formula is C18H25ClN2O4. The van der Waals surface area contributed by atoms with Gasteiger partial charge in [0.1, 0.15) is 5.60 Å². The molecule has 1 amide bonds. The standard InChI is InChI=1S/C18H25ClN2O4/c1-17(2,3)25-16(22)21(13-14-7-5-4-6-8-14)18(15(19)20-23)9-11-24-12-10-18/h4-8,15H,9-13H2,1-3H3. The fraction of sp³-hybridized carbons (Fsp3) is 0.611. The van der Waals surface area contributed by atoms with Gasteiger partial charge in [0.25, 0.3) is 0 Å². The van der Waals surface area contributed by atoms with E-state index in [2.05, 4.69) is 5.18 Å². The summed E-state index contributed by atoms with van der Waals surface area (Å²) in [7, 11) is 0. The van der Waals surface area contributed by atoms with E-state index in [1.165, 1.54) is 0 Å². The van der Waals surface area contributed by atoms with Gasteiger partial charge in [-0.25, -0.2) is 4.79 Å². The van der Waals surface area contributed by atoms with E-state index in [0.29, 0.717) is 26.1 Å². The Morgan fingerprint density at radius 3 is 2.44 bits per heavy atom. The van der Waals surface area contributed by atoms with E-state index in [9.17, 15) is 9.70 Å². The molecule has 7 heteroatoms. The Morgan fingerprint density at radius 1 is 1.32 bits per heavy atom. The largest absolute Gasteiger partial charge is 0.444 e. The number of carbonyl (C=O) groups excluding carboxylic acids is 1. The Hall–Kier alpha value is -1.66. The van der Waals surface area contributed by atoms with Gasteiger partial charge in [-0.1, -0.05) is 41.9 Å². The summed E-state index contributed by atoms with van der Waals surface area (Å²) in [5.41, 5.74) is -1.74. The molecule has 1 aliphatic rings. The SMILES string of the molecule is CC(C)(C)OC(=O)N(Cc1ccccc1)C1(C(Cl)N=O)CCOCC1. The van der Waals surface area contributed by atoms with Crippen molar-refractivity contribution in [3.63, 3.8) is 0 Å². The first-order valence-corrected chi connectivity index (χ1v) is 8.81. The van der Waals surface area contributed by atoms with Crippen molar-refractivity contribution < 1.29 is 14.3 Å². The Labute approximate surface area is 153 Å². The molecule has 138 valence electrons. The number of benzene rings is 1. The highest BCUT2D eigenvalue weighted by atomic mass is 35.5. The first kappa shape index (κ1) is 19.7. The first-order valence-electron chi connectivity index (χ1n) is 8.37. The van der Waals surface area contributed by atoms with Crippen molar-refractivity contribution in [3.8, 4) is 0 Å². The number of hydrogen-bond acceptors (Lipinski definition) is 5. The second-order valence-electron chi connectivity index (χ2n) is 7.21. The summed E-state index contributed by atoms with van der Waals surface area (Å²) in [6.07, 6.45) is 0.352. The third kappa shape index (κ3) is 4.92. The van der Waals surface area contributed by atoms with Crippen LogP contribution in [0.15, 0.2) is 35.5 Å². The third-order valence-corrected chi connectivity index (χ3v) is 4.72. The number of halogens is 1. The number of nitroso groups, excluding NO2 is 1. The number of ether oxygens (including phenoxy) is 2. The summed E-state index contributed by atoms with van der Waals surface area (Å²) < 4.78 is 11.0. The predicted octanol–water partition coefficient (Wildman–Crippen LogP) is 4.30. The maximum Gasteiger partial charge on any atom is 0.411 e. The van der Waals surface area contributed by atoms with Gasteiger partial charge in [0.05, 0.1) is 5.54 Å². The van der Waals surface area contributed by atoms with Crippen LogP contribution in [0.25, 0.3) is 0 Å². The topological polar surface area (TPSA) is 68.2 Å². The van der Waals surface area contributed by atoms with Gasteiger partial charge >= 0.3 is 6.09 Å². The molecule has 0 N–H and O–H groups in total. The van der Waals surface area contributed by atoms with Crippen molar-refractivity contribution in [2.45, 2.75) is 56.8 Å². The van der Waals surface area contributed by atoms with Crippen LogP contribution in [-0.2, 0) is 16.0 Å². The normalized spacial score (nSPS) is 18.2. The molecule has 1 heterocycles. The lowest BCUT2D eigenvalue weighted by molar-refractivity contribution is -0.0492. The van der Waals surface area contributed by atoms with Crippen LogP contribution >= 0.6 is 11.6 Å². The van der Waals surface area contributed by atoms with E-state index in [1.54, 1.807) is 25.7 Å². The highest BCUT2D eigenvalue weighted by Gasteiger charge is 2.49. The molecule has 1 saturated heterocycles. The number of alkyl halides is 1. The van der Waals surface area contributed by atoms with Gasteiger partial charge in [0.2, 0.25) is 0 Å². The molecule has 1 aliphatic heterocycles. The lowest BCUT2D eigenvalue weighted by Crippen LogP contribution is -2.59. The van der Waals surface area contributed by atoms with Crippen molar-refractivity contribution in [1.29, 1.82) is 0 Å². The summed E-state index contributed by atoms with van der Waals surface area (Å²) in [5.74, 6) is 0. The zero-order valence-corrected chi connectivity index (χ0v) is 15.7. The van der Waals surface area contributed by atoms with E-state index < -0.39 is 22.7 Å². The van der Waals surface area contributed by atoms with Gasteiger partial charge in [-0.15, -0.1) is 4.91 Å². The van der Waals surface area contributed by atoms with Crippen molar-refractivity contribution in [2.24, 2.45) is 5.18 Å². The smallest absolute Gasteiger partial charge is 0.411 e. The molecule has 1 aromatic carbocycles. The summed E-state index contributed by atoms with van der Waals surface area (Å²) in [4.78, 5) is 25.8. The fourth-order valence-electron chi connectivity index (χ4n) is 2.95. The van der Waals surface area contributed by atoms with Crippen LogP contribution in [0.3, 0.4) is 0 Å². The molecule has 0 radical (unpaired) electrons. The average molecular weight is 369 g/mol. The Morgan fingerprint density at radius 2 is 1.92 bits per heavy atom. The molecule has 2 rings (SSSR count). The quantitative estimate of drug-likeness (QED) is 0.441. The lowest BCUT2D eigenvalue weighted by Gasteiger charge is -2.46. The minimum absolute atomic E-state index is 0.286. The zero-order chi connectivity index (χ0) is 18.5. The first-order chi connectivity index (χ1) is 11.8. The molecule has 1 aromatic rings. The molecular weight excluding hydrogens is 344 g/mol. The predicted molar refractivity (Wildman–Crippen MR) is 96.4 cm³/mol. The van der Waals surface area contributed by atoms with Crippen LogP contribution in [0.5, 0.6) is 0 Å². The second kappa shape index (κ2) is 8.15. The minimum atomic E-state index is -1.08. The van der Waals surface area contributed by atoms with Crippen molar-refractivity contribution in [1.82, 2.24) is 4.90 Å². The summed E-state index contributed by atoms with van der Waals surface area (Å²) in [6, 6.07) is 9.54. The molecule has 1 fully saturated rings. The second-order valence-corrected chi connectivity index (χ2v) is 7.62. The van der Waals surface area contributed by atoms with Crippen molar-refractivity contribution in [3.05, 3.63) is 40.8 Å². The number of hydrogen-bond donors (Lipinski definition) is 0. The highest BCUT2D eigenvalue weighted by Crippen LogP contribution is 2.37. The zero-order valence-electron chi connectivity index (χ0n) is 14.9. The maximum atomic E-state index is 12.9. The van der Waals surface area contributed by atoms with E-state index in [1.807, 2.05) is 30.3 Å². The Bertz CT molecular complexity index is 582. The molecule has 1 atom stereocenters. The van der Waals surface area contributed by atoms with Gasteiger partial charge in [0, 0.05) is 19.8 Å². The summed E-state index contributed by atoms with van der Waals surface area (Å²) >= 11 is 6.29. The monoisotopic (exact) mass is 368 g/mol. The third-order valence-electron chi connectivity index (χ3n) is 4.23. The van der Waals surface area contributed by atoms with Crippen LogP contribution in [0.1, 0.15) is 39.2 Å². The number of amides is 1. The van der Waals surface area contributed by atoms with Crippen molar-refractivity contribution in [2.75, 3.05) is 13.2 Å². The average Bonchev–Trinajstić information content (AvgIpc) is 2.59. The number of carbonyl (C=O) groups is 1. The summed E-state index contributed by atoms with van der Waals surface area (Å²) in [6.45, 7) is 6.52. The summed E-state index contributed by atoms with van der Waals surface area (Å²) in [5, 5.41) is 3.04. The Balaban J connectivity index is 2.39. The van der Waals surface area contributed by atoms with E-state index in [4.69, 9.17) is 21.1 Å². The van der Waals surface area contributed by atoms with E-state index >= 15 is 0 Å². The highest BCUT2D eigenvalue weighted by molar-refractivity contribution is 6.21. The van der Waals surface area contributed by atoms with Gasteiger partial charge in [-0.05, 0) is 44.4 Å². The van der Waals surface area contributed by atoms with Gasteiger partial charge < -0.3 is 9.47 Å². The van der Waals surface area contributed by atoms with Crippen LogP contribution < -0.4 is 0 Å². The fourth-order valence-corrected chi connectivity index (χ4v) is 3.28. The van der Waals surface area contributed by atoms with Gasteiger partial charge in [-0.2, -0.15) is 0 Å². The molecule has 0 aliphatic carbocycles. The van der Waals surface area contributed by atoms with Gasteiger partial charge in [-0.3, -0.25) is 4.90 Å². The lowest BCUT2D eigenvalue weighted by atomic mass is 9.87. The number of rotatable bonds is 5. The minimum Gasteiger partial charge on any atom is -0.444 e. The van der Waals surface area contributed by atoms with Crippen molar-refractivity contribution >= 4 is 17.7 Å². The van der Waals surface area contributed by atoms with Crippen LogP contribution in [0.4, 0.5) is 4.79 Å². The molecule has 6 nitrogen and oxygen atoms in total. The maximum absolute atomic E-state index is 12.9. The van der Waals surface area contributed by atoms with Crippen LogP contribution in [-0.4, -0.2) is 40.8 Å². The number of nitrogens with zero attached hydrogens (tertiary/aromatic N) is 2. The van der Waals surface area contributed by atoms with Crippen LogP contribution in [0.2, 0.25) is 0 Å². The Kier molecular flexibility index (Phi) is 6.41. The molecule has 0 saturated carbocycles. The van der Waals surface area contributed by atoms with Crippen LogP contribution in [0, 0.1) is 4.91 Å². The molecule has 25 heavy (non-hydrogen) atoms. The molecule has 0 aromatic heterocycles. The van der Waals surface area contributed by atoms with E-state index in [0.717, 1.165) is 5.56 Å². The van der Waals surface area contributed by atoms with E-state index in [-0.39, 0.29) is 6.54 Å². The molecule has 1 unspecified atom stereocenters. The molecule has 0 spiro atoms.